The first-order chi connectivity index (χ1) is 23.1. The number of carboxylic acid groups (broad SMARTS) is 1. The molecule has 0 bridgehead atoms. The summed E-state index contributed by atoms with van der Waals surface area (Å²) in [5.41, 5.74) is 12.7. The highest BCUT2D eigenvalue weighted by atomic mass is 35.5. The number of halogens is 2. The van der Waals surface area contributed by atoms with Crippen LogP contribution in [0.3, 0.4) is 0 Å². The lowest BCUT2D eigenvalue weighted by molar-refractivity contribution is -0.137. The second kappa shape index (κ2) is 12.5. The average molecular weight is 672 g/mol. The molecule has 6 nitrogen and oxygen atoms in total. The second-order valence-electron chi connectivity index (χ2n) is 12.2. The van der Waals surface area contributed by atoms with Gasteiger partial charge in [-0.2, -0.15) is 0 Å². The van der Waals surface area contributed by atoms with Gasteiger partial charge in [-0.15, -0.1) is 0 Å². The molecule has 8 aromatic rings. The van der Waals surface area contributed by atoms with E-state index in [9.17, 15) is 9.90 Å². The molecule has 0 aliphatic rings. The lowest BCUT2D eigenvalue weighted by Crippen LogP contribution is -2.09. The molecule has 0 aliphatic carbocycles. The maximum Gasteiger partial charge on any atom is 0.323 e. The Morgan fingerprint density at radius 3 is 2.27 bits per heavy atom. The zero-order valence-corrected chi connectivity index (χ0v) is 28.4. The summed E-state index contributed by atoms with van der Waals surface area (Å²) in [4.78, 5) is 23.7. The monoisotopic (exact) mass is 670 g/mol. The van der Waals surface area contributed by atoms with Crippen molar-refractivity contribution in [2.75, 3.05) is 0 Å². The number of aromatic nitrogens is 4. The number of benzene rings is 4. The third kappa shape index (κ3) is 5.68. The summed E-state index contributed by atoms with van der Waals surface area (Å²) in [7, 11) is 0. The average Bonchev–Trinajstić information content (AvgIpc) is 3.51. The molecule has 4 heterocycles. The normalized spacial score (nSPS) is 11.4. The van der Waals surface area contributed by atoms with Crippen LogP contribution >= 0.6 is 23.2 Å². The molecule has 0 saturated carbocycles. The number of fused-ring (bicyclic) bond motifs is 4. The van der Waals surface area contributed by atoms with Crippen LogP contribution in [0.5, 0.6) is 0 Å². The number of carbonyl (C=O) groups is 1. The zero-order valence-electron chi connectivity index (χ0n) is 26.9. The molecule has 2 N–H and O–H groups in total. The van der Waals surface area contributed by atoms with E-state index in [-0.39, 0.29) is 6.54 Å². The van der Waals surface area contributed by atoms with Crippen molar-refractivity contribution in [2.45, 2.75) is 34.2 Å². The fourth-order valence-corrected chi connectivity index (χ4v) is 7.12. The van der Waals surface area contributed by atoms with E-state index in [1.165, 1.54) is 27.8 Å². The van der Waals surface area contributed by atoms with E-state index in [0.29, 0.717) is 10.2 Å². The minimum Gasteiger partial charge on any atom is -0.480 e. The standard InChI is InChI=1S/C21H17ClN2O2.C19H15ClN2/c1-12-7-8-18-16(9-12)21(13(2)24(18)11-20(25)26)15-10-19(22)23-17-6-4-3-5-14(15)17;1-11-3-6-17-16(9-11)19(12(2)22-17)15-7-8-21-18-10-13(20)4-5-14(15)18/h3-10H,11H2,1-2H3,(H,25,26);3-10,22H,1-2H3. The van der Waals surface area contributed by atoms with Gasteiger partial charge in [0, 0.05) is 66.3 Å². The number of H-pyrrole nitrogens is 1. The molecule has 48 heavy (non-hydrogen) atoms. The fourth-order valence-electron chi connectivity index (χ4n) is 6.75. The maximum absolute atomic E-state index is 11.4. The molecular weight excluding hydrogens is 639 g/mol. The van der Waals surface area contributed by atoms with Gasteiger partial charge in [-0.25, -0.2) is 4.98 Å². The van der Waals surface area contributed by atoms with Gasteiger partial charge in [0.2, 0.25) is 0 Å². The molecule has 0 saturated heterocycles. The third-order valence-electron chi connectivity index (χ3n) is 8.84. The summed E-state index contributed by atoms with van der Waals surface area (Å²) in [5, 5.41) is 14.9. The van der Waals surface area contributed by atoms with Crippen LogP contribution in [-0.2, 0) is 11.3 Å². The van der Waals surface area contributed by atoms with Crippen LogP contribution in [0.4, 0.5) is 0 Å². The Kier molecular flexibility index (Phi) is 8.15. The predicted octanol–water partition coefficient (Wildman–Crippen LogP) is 10.9. The number of aliphatic carboxylic acids is 1. The summed E-state index contributed by atoms with van der Waals surface area (Å²) in [5.74, 6) is -0.866. The molecule has 0 aliphatic heterocycles. The summed E-state index contributed by atoms with van der Waals surface area (Å²) < 4.78 is 1.84. The van der Waals surface area contributed by atoms with Crippen LogP contribution in [0, 0.1) is 27.7 Å². The molecule has 0 spiro atoms. The Morgan fingerprint density at radius 2 is 1.48 bits per heavy atom. The highest BCUT2D eigenvalue weighted by Gasteiger charge is 2.20. The number of aryl methyl sites for hydroxylation is 3. The molecule has 0 amide bonds. The van der Waals surface area contributed by atoms with Crippen molar-refractivity contribution < 1.29 is 9.90 Å². The second-order valence-corrected chi connectivity index (χ2v) is 13.0. The van der Waals surface area contributed by atoms with E-state index in [4.69, 9.17) is 23.2 Å². The number of rotatable bonds is 4. The lowest BCUT2D eigenvalue weighted by atomic mass is 9.98. The van der Waals surface area contributed by atoms with E-state index < -0.39 is 5.97 Å². The van der Waals surface area contributed by atoms with Crippen LogP contribution in [0.25, 0.3) is 65.9 Å². The molecular formula is C40H32Cl2N4O2. The highest BCUT2D eigenvalue weighted by Crippen LogP contribution is 2.40. The van der Waals surface area contributed by atoms with Gasteiger partial charge in [-0.3, -0.25) is 9.78 Å². The minimum atomic E-state index is -0.866. The molecule has 0 atom stereocenters. The van der Waals surface area contributed by atoms with E-state index in [1.807, 2.05) is 85.3 Å². The van der Waals surface area contributed by atoms with E-state index in [1.54, 1.807) is 0 Å². The molecule has 4 aromatic heterocycles. The number of hydrogen-bond donors (Lipinski definition) is 2. The molecule has 8 heteroatoms. The number of nitrogens with one attached hydrogen (secondary N) is 1. The molecule has 4 aromatic carbocycles. The van der Waals surface area contributed by atoms with Gasteiger partial charge in [-0.05, 0) is 93.4 Å². The van der Waals surface area contributed by atoms with Crippen LogP contribution in [-0.4, -0.2) is 30.6 Å². The fraction of sp³-hybridized carbons (Fsp3) is 0.125. The Labute approximate surface area is 287 Å². The minimum absolute atomic E-state index is 0.0812. The van der Waals surface area contributed by atoms with Gasteiger partial charge >= 0.3 is 5.97 Å². The van der Waals surface area contributed by atoms with Crippen molar-refractivity contribution in [2.24, 2.45) is 0 Å². The lowest BCUT2D eigenvalue weighted by Gasteiger charge is -2.09. The quantitative estimate of drug-likeness (QED) is 0.182. The summed E-state index contributed by atoms with van der Waals surface area (Å²) >= 11 is 12.4. The highest BCUT2D eigenvalue weighted by molar-refractivity contribution is 6.31. The Morgan fingerprint density at radius 1 is 0.750 bits per heavy atom. The van der Waals surface area contributed by atoms with Crippen LogP contribution in [0.2, 0.25) is 10.2 Å². The first kappa shape index (κ1) is 31.4. The van der Waals surface area contributed by atoms with Gasteiger partial charge in [0.25, 0.3) is 0 Å². The molecule has 0 fully saturated rings. The summed E-state index contributed by atoms with van der Waals surface area (Å²) in [6, 6.07) is 30.3. The summed E-state index contributed by atoms with van der Waals surface area (Å²) in [6.45, 7) is 8.15. The number of pyridine rings is 2. The van der Waals surface area contributed by atoms with Crippen molar-refractivity contribution in [1.29, 1.82) is 0 Å². The third-order valence-corrected chi connectivity index (χ3v) is 9.27. The van der Waals surface area contributed by atoms with Crippen molar-refractivity contribution >= 4 is 72.8 Å². The van der Waals surface area contributed by atoms with E-state index in [0.717, 1.165) is 60.6 Å². The summed E-state index contributed by atoms with van der Waals surface area (Å²) in [6.07, 6.45) is 1.85. The van der Waals surface area contributed by atoms with Gasteiger partial charge in [0.15, 0.2) is 0 Å². The largest absolute Gasteiger partial charge is 0.480 e. The van der Waals surface area contributed by atoms with Crippen LogP contribution < -0.4 is 0 Å². The Bertz CT molecular complexity index is 2550. The maximum atomic E-state index is 11.4. The van der Waals surface area contributed by atoms with Gasteiger partial charge in [0.1, 0.15) is 11.7 Å². The van der Waals surface area contributed by atoms with Crippen molar-refractivity contribution in [1.82, 2.24) is 19.5 Å². The zero-order chi connectivity index (χ0) is 33.7. The van der Waals surface area contributed by atoms with E-state index in [2.05, 4.69) is 59.1 Å². The molecule has 0 unspecified atom stereocenters. The number of para-hydroxylation sites is 1. The van der Waals surface area contributed by atoms with Crippen molar-refractivity contribution in [3.8, 4) is 22.3 Å². The SMILES string of the molecule is Cc1ccc2[nH]c(C)c(-c3ccnc4cc(Cl)ccc34)c2c1.Cc1ccc2c(c1)c(-c1cc(Cl)nc3ccccc13)c(C)n2CC(=O)O. The molecule has 238 valence electrons. The van der Waals surface area contributed by atoms with Crippen LogP contribution in [0.15, 0.2) is 97.2 Å². The van der Waals surface area contributed by atoms with Crippen molar-refractivity contribution in [3.05, 3.63) is 130 Å². The number of carboxylic acids is 1. The molecule has 8 rings (SSSR count). The number of hydrogen-bond acceptors (Lipinski definition) is 3. The van der Waals surface area contributed by atoms with Gasteiger partial charge in [-0.1, -0.05) is 70.7 Å². The first-order valence-corrected chi connectivity index (χ1v) is 16.3. The molecule has 0 radical (unpaired) electrons. The van der Waals surface area contributed by atoms with Crippen molar-refractivity contribution in [3.63, 3.8) is 0 Å². The first-order valence-electron chi connectivity index (χ1n) is 15.6. The number of nitrogens with zero attached hydrogens (tertiary/aromatic N) is 3. The predicted molar refractivity (Wildman–Crippen MR) is 198 cm³/mol. The van der Waals surface area contributed by atoms with Gasteiger partial charge < -0.3 is 14.7 Å². The smallest absolute Gasteiger partial charge is 0.323 e. The van der Waals surface area contributed by atoms with E-state index >= 15 is 0 Å². The topological polar surface area (TPSA) is 83.8 Å². The Hall–Kier alpha value is -5.17. The van der Waals surface area contributed by atoms with Gasteiger partial charge in [0.05, 0.1) is 11.0 Å². The Balaban J connectivity index is 0.000000154. The van der Waals surface area contributed by atoms with Crippen LogP contribution in [0.1, 0.15) is 22.5 Å². The number of aromatic amines is 1.